The average Bonchev–Trinajstić information content (AvgIpc) is 2.91. The summed E-state index contributed by atoms with van der Waals surface area (Å²) in [6, 6.07) is 5.22. The van der Waals surface area contributed by atoms with E-state index in [0.717, 1.165) is 43.6 Å². The highest BCUT2D eigenvalue weighted by atomic mass is 16.4. The van der Waals surface area contributed by atoms with Crippen molar-refractivity contribution in [2.45, 2.75) is 26.2 Å². The SMILES string of the molecule is CC1CCN(C(=O)N2CCCc3c(C(=O)O)cccc32)C1. The molecule has 21 heavy (non-hydrogen) atoms. The van der Waals surface area contributed by atoms with Gasteiger partial charge in [0.25, 0.3) is 0 Å². The van der Waals surface area contributed by atoms with Gasteiger partial charge in [0.2, 0.25) is 0 Å². The van der Waals surface area contributed by atoms with Crippen LogP contribution in [0.1, 0.15) is 35.7 Å². The lowest BCUT2D eigenvalue weighted by atomic mass is 9.96. The molecule has 0 aromatic heterocycles. The molecule has 2 amide bonds. The molecule has 0 radical (unpaired) electrons. The molecule has 1 N–H and O–H groups in total. The van der Waals surface area contributed by atoms with Crippen LogP contribution >= 0.6 is 0 Å². The molecule has 0 aliphatic carbocycles. The van der Waals surface area contributed by atoms with Gasteiger partial charge < -0.3 is 10.0 Å². The Morgan fingerprint density at radius 1 is 1.29 bits per heavy atom. The van der Waals surface area contributed by atoms with Crippen molar-refractivity contribution in [3.8, 4) is 0 Å². The normalized spacial score (nSPS) is 21.3. The van der Waals surface area contributed by atoms with E-state index in [1.807, 2.05) is 11.0 Å². The molecular weight excluding hydrogens is 268 g/mol. The van der Waals surface area contributed by atoms with E-state index >= 15 is 0 Å². The summed E-state index contributed by atoms with van der Waals surface area (Å²) in [6.07, 6.45) is 2.58. The third-order valence-corrected chi connectivity index (χ3v) is 4.41. The number of carbonyl (C=O) groups is 2. The van der Waals surface area contributed by atoms with Crippen molar-refractivity contribution in [2.75, 3.05) is 24.5 Å². The lowest BCUT2D eigenvalue weighted by molar-refractivity contribution is 0.0695. The minimum absolute atomic E-state index is 0.0165. The summed E-state index contributed by atoms with van der Waals surface area (Å²) < 4.78 is 0. The molecule has 1 fully saturated rings. The monoisotopic (exact) mass is 288 g/mol. The fourth-order valence-corrected chi connectivity index (χ4v) is 3.30. The second-order valence-corrected chi connectivity index (χ2v) is 5.99. The van der Waals surface area contributed by atoms with Crippen LogP contribution in [0.3, 0.4) is 0 Å². The van der Waals surface area contributed by atoms with E-state index in [9.17, 15) is 14.7 Å². The average molecular weight is 288 g/mol. The van der Waals surface area contributed by atoms with Crippen molar-refractivity contribution in [2.24, 2.45) is 5.92 Å². The van der Waals surface area contributed by atoms with Crippen LogP contribution in [-0.2, 0) is 6.42 Å². The number of hydrogen-bond acceptors (Lipinski definition) is 2. The molecule has 2 heterocycles. The van der Waals surface area contributed by atoms with Crippen LogP contribution in [0, 0.1) is 5.92 Å². The first kappa shape index (κ1) is 13.9. The van der Waals surface area contributed by atoms with Gasteiger partial charge in [-0.15, -0.1) is 0 Å². The first-order chi connectivity index (χ1) is 10.1. The number of nitrogens with zero attached hydrogens (tertiary/aromatic N) is 2. The number of hydrogen-bond donors (Lipinski definition) is 1. The second-order valence-electron chi connectivity index (χ2n) is 5.99. The molecule has 1 saturated heterocycles. The highest BCUT2D eigenvalue weighted by Gasteiger charge is 2.31. The van der Waals surface area contributed by atoms with Crippen molar-refractivity contribution in [1.29, 1.82) is 0 Å². The van der Waals surface area contributed by atoms with Crippen molar-refractivity contribution in [1.82, 2.24) is 4.90 Å². The van der Waals surface area contributed by atoms with E-state index in [0.29, 0.717) is 18.0 Å². The highest BCUT2D eigenvalue weighted by molar-refractivity contribution is 5.97. The molecule has 1 aromatic carbocycles. The molecule has 3 rings (SSSR count). The summed E-state index contributed by atoms with van der Waals surface area (Å²) in [6.45, 7) is 4.41. The summed E-state index contributed by atoms with van der Waals surface area (Å²) in [5.74, 6) is -0.375. The van der Waals surface area contributed by atoms with E-state index in [4.69, 9.17) is 0 Å². The van der Waals surface area contributed by atoms with Gasteiger partial charge in [-0.2, -0.15) is 0 Å². The number of urea groups is 1. The summed E-state index contributed by atoms with van der Waals surface area (Å²) in [5.41, 5.74) is 1.88. The number of likely N-dealkylation sites (tertiary alicyclic amines) is 1. The van der Waals surface area contributed by atoms with Gasteiger partial charge in [-0.3, -0.25) is 4.90 Å². The molecule has 1 atom stereocenters. The van der Waals surface area contributed by atoms with Gasteiger partial charge in [-0.05, 0) is 42.9 Å². The van der Waals surface area contributed by atoms with Gasteiger partial charge >= 0.3 is 12.0 Å². The molecule has 1 unspecified atom stereocenters. The Morgan fingerprint density at radius 3 is 2.76 bits per heavy atom. The standard InChI is InChI=1S/C16H20N2O3/c1-11-7-9-17(10-11)16(21)18-8-3-5-12-13(15(19)20)4-2-6-14(12)18/h2,4,6,11H,3,5,7-10H2,1H3,(H,19,20). The number of carboxylic acid groups (broad SMARTS) is 1. The molecule has 5 nitrogen and oxygen atoms in total. The largest absolute Gasteiger partial charge is 0.478 e. The summed E-state index contributed by atoms with van der Waals surface area (Å²) in [5, 5.41) is 9.30. The van der Waals surface area contributed by atoms with E-state index in [1.54, 1.807) is 17.0 Å². The zero-order chi connectivity index (χ0) is 15.0. The number of carbonyl (C=O) groups excluding carboxylic acids is 1. The number of carboxylic acids is 1. The minimum atomic E-state index is -0.920. The fraction of sp³-hybridized carbons (Fsp3) is 0.500. The van der Waals surface area contributed by atoms with Crippen LogP contribution in [-0.4, -0.2) is 41.6 Å². The summed E-state index contributed by atoms with van der Waals surface area (Å²) >= 11 is 0. The molecule has 1 aromatic rings. The van der Waals surface area contributed by atoms with Gasteiger partial charge in [-0.25, -0.2) is 9.59 Å². The van der Waals surface area contributed by atoms with Gasteiger partial charge in [0.15, 0.2) is 0 Å². The quantitative estimate of drug-likeness (QED) is 0.864. The number of amides is 2. The molecule has 0 saturated carbocycles. The molecule has 2 aliphatic heterocycles. The summed E-state index contributed by atoms with van der Waals surface area (Å²) in [7, 11) is 0. The highest BCUT2D eigenvalue weighted by Crippen LogP contribution is 2.31. The maximum atomic E-state index is 12.7. The van der Waals surface area contributed by atoms with Gasteiger partial charge in [0.1, 0.15) is 0 Å². The Hall–Kier alpha value is -2.04. The van der Waals surface area contributed by atoms with E-state index < -0.39 is 5.97 Å². The Balaban J connectivity index is 1.92. The second kappa shape index (κ2) is 5.39. The van der Waals surface area contributed by atoms with Gasteiger partial charge in [-0.1, -0.05) is 13.0 Å². The first-order valence-corrected chi connectivity index (χ1v) is 7.49. The van der Waals surface area contributed by atoms with Crippen LogP contribution in [0.5, 0.6) is 0 Å². The lowest BCUT2D eigenvalue weighted by Gasteiger charge is -2.33. The van der Waals surface area contributed by atoms with Crippen LogP contribution < -0.4 is 4.90 Å². The van der Waals surface area contributed by atoms with E-state index in [-0.39, 0.29) is 6.03 Å². The number of anilines is 1. The van der Waals surface area contributed by atoms with Crippen LogP contribution in [0.4, 0.5) is 10.5 Å². The summed E-state index contributed by atoms with van der Waals surface area (Å²) in [4.78, 5) is 27.7. The fourth-order valence-electron chi connectivity index (χ4n) is 3.30. The smallest absolute Gasteiger partial charge is 0.336 e. The molecular formula is C16H20N2O3. The van der Waals surface area contributed by atoms with Crippen molar-refractivity contribution < 1.29 is 14.7 Å². The Morgan fingerprint density at radius 2 is 2.10 bits per heavy atom. The van der Waals surface area contributed by atoms with Crippen LogP contribution in [0.2, 0.25) is 0 Å². The van der Waals surface area contributed by atoms with Gasteiger partial charge in [0, 0.05) is 25.3 Å². The zero-order valence-electron chi connectivity index (χ0n) is 12.2. The predicted molar refractivity (Wildman–Crippen MR) is 79.8 cm³/mol. The molecule has 0 bridgehead atoms. The maximum absolute atomic E-state index is 12.7. The topological polar surface area (TPSA) is 60.9 Å². The lowest BCUT2D eigenvalue weighted by Crippen LogP contribution is -2.44. The minimum Gasteiger partial charge on any atom is -0.478 e. The Labute approximate surface area is 124 Å². The van der Waals surface area contributed by atoms with E-state index in [2.05, 4.69) is 6.92 Å². The molecule has 112 valence electrons. The molecule has 2 aliphatic rings. The maximum Gasteiger partial charge on any atom is 0.336 e. The molecule has 0 spiro atoms. The predicted octanol–water partition coefficient (Wildman–Crippen LogP) is 2.60. The van der Waals surface area contributed by atoms with Crippen LogP contribution in [0.25, 0.3) is 0 Å². The van der Waals surface area contributed by atoms with Gasteiger partial charge in [0.05, 0.1) is 5.56 Å². The molecule has 5 heteroatoms. The van der Waals surface area contributed by atoms with Crippen molar-refractivity contribution >= 4 is 17.7 Å². The zero-order valence-corrected chi connectivity index (χ0v) is 12.2. The first-order valence-electron chi connectivity index (χ1n) is 7.49. The van der Waals surface area contributed by atoms with E-state index in [1.165, 1.54) is 0 Å². The van der Waals surface area contributed by atoms with Crippen molar-refractivity contribution in [3.05, 3.63) is 29.3 Å². The number of fused-ring (bicyclic) bond motifs is 1. The Bertz CT molecular complexity index is 585. The van der Waals surface area contributed by atoms with Crippen molar-refractivity contribution in [3.63, 3.8) is 0 Å². The Kier molecular flexibility index (Phi) is 3.57. The number of aromatic carboxylic acids is 1. The third kappa shape index (κ3) is 2.48. The number of benzene rings is 1. The third-order valence-electron chi connectivity index (χ3n) is 4.41. The van der Waals surface area contributed by atoms with Crippen LogP contribution in [0.15, 0.2) is 18.2 Å². The number of rotatable bonds is 1.